The van der Waals surface area contributed by atoms with Gasteiger partial charge in [-0.15, -0.1) is 0 Å². The van der Waals surface area contributed by atoms with Crippen LogP contribution >= 0.6 is 0 Å². The molecule has 2 amide bonds. The van der Waals surface area contributed by atoms with Crippen LogP contribution in [-0.2, 0) is 32.6 Å². The van der Waals surface area contributed by atoms with E-state index in [9.17, 15) is 33.9 Å². The molecule has 15 aromatic rings. The third-order valence-electron chi connectivity index (χ3n) is 22.9. The first-order valence-electron chi connectivity index (χ1n) is 39.8. The Morgan fingerprint density at radius 1 is 0.380 bits per heavy atom. The molecule has 1 saturated heterocycles. The third-order valence-corrected chi connectivity index (χ3v) is 22.9. The molecule has 0 aromatic heterocycles. The average Bonchev–Trinajstić information content (AvgIpc) is 1.55. The number of methoxy groups -OCH3 is 1. The zero-order valence-electron chi connectivity index (χ0n) is 66.1. The van der Waals surface area contributed by atoms with Crippen LogP contribution in [0.2, 0.25) is 0 Å². The molecule has 590 valence electrons. The van der Waals surface area contributed by atoms with Gasteiger partial charge in [0.25, 0.3) is 11.8 Å². The lowest BCUT2D eigenvalue weighted by molar-refractivity contribution is 0.0251. The number of esters is 1. The maximum absolute atomic E-state index is 14.2. The Morgan fingerprint density at radius 3 is 1.14 bits per heavy atom. The first-order valence-corrected chi connectivity index (χ1v) is 39.8. The van der Waals surface area contributed by atoms with Gasteiger partial charge in [-0.2, -0.15) is 0 Å². The maximum atomic E-state index is 14.2. The number of benzene rings is 15. The molecule has 0 saturated carbocycles. The van der Waals surface area contributed by atoms with Gasteiger partial charge >= 0.3 is 5.97 Å². The van der Waals surface area contributed by atoms with Gasteiger partial charge < -0.3 is 43.7 Å². The summed E-state index contributed by atoms with van der Waals surface area (Å²) in [6, 6.07) is 113. The van der Waals surface area contributed by atoms with E-state index < -0.39 is 22.6 Å². The largest absolute Gasteiger partial charge is 0.508 e. The van der Waals surface area contributed by atoms with Gasteiger partial charge in [-0.3, -0.25) is 24.0 Å². The summed E-state index contributed by atoms with van der Waals surface area (Å²) in [6.07, 6.45) is 0.638. The number of ether oxygens (including phenoxy) is 6. The second-order valence-corrected chi connectivity index (χ2v) is 30.5. The van der Waals surface area contributed by atoms with Crippen molar-refractivity contribution in [1.29, 1.82) is 0 Å². The molecule has 0 spiro atoms. The van der Waals surface area contributed by atoms with E-state index in [4.69, 9.17) is 28.4 Å². The zero-order valence-corrected chi connectivity index (χ0v) is 66.1. The lowest BCUT2D eigenvalue weighted by atomic mass is 9.76. The number of aryl methyl sites for hydroxylation is 2. The third kappa shape index (κ3) is 14.8. The molecule has 0 radical (unpaired) electrons. The molecule has 0 aliphatic carbocycles. The topological polar surface area (TPSA) is 197 Å². The number of ketones is 3. The number of cyclic esters (lactones) is 1. The highest BCUT2D eigenvalue weighted by Gasteiger charge is 2.54. The van der Waals surface area contributed by atoms with Crippen LogP contribution in [0, 0.1) is 13.8 Å². The predicted octanol–water partition coefficient (Wildman–Crippen LogP) is 21.0. The van der Waals surface area contributed by atoms with Crippen molar-refractivity contribution in [1.82, 2.24) is 10.2 Å². The minimum atomic E-state index is -1.15. The van der Waals surface area contributed by atoms with Crippen molar-refractivity contribution >= 4 is 35.1 Å². The normalized spacial score (nSPS) is 17.0. The maximum Gasteiger partial charge on any atom is 0.340 e. The summed E-state index contributed by atoms with van der Waals surface area (Å²) in [5, 5.41) is 13.2. The number of aromatic hydroxyl groups is 1. The number of carbonyl (C=O) groups is 6. The summed E-state index contributed by atoms with van der Waals surface area (Å²) < 4.78 is 35.9. The fourth-order valence-electron chi connectivity index (χ4n) is 16.6. The monoisotopic (exact) mass is 1590 g/mol. The Balaban J connectivity index is 0.000000214. The van der Waals surface area contributed by atoms with Crippen LogP contribution in [0.5, 0.6) is 46.0 Å². The molecular formula is C106H78N2O13. The van der Waals surface area contributed by atoms with Crippen molar-refractivity contribution in [3.63, 3.8) is 0 Å². The minimum absolute atomic E-state index is 0.0113. The van der Waals surface area contributed by atoms with Gasteiger partial charge in [-0.1, -0.05) is 223 Å². The Hall–Kier alpha value is -15.3. The number of phenols is 1. The zero-order chi connectivity index (χ0) is 82.9. The van der Waals surface area contributed by atoms with E-state index in [1.54, 1.807) is 110 Å². The van der Waals surface area contributed by atoms with Crippen molar-refractivity contribution in [2.75, 3.05) is 20.3 Å². The second-order valence-electron chi connectivity index (χ2n) is 30.5. The lowest BCUT2D eigenvalue weighted by Gasteiger charge is -2.40. The fraction of sp³-hybridized carbons (Fsp3) is 0.0943. The first kappa shape index (κ1) is 76.9. The van der Waals surface area contributed by atoms with E-state index in [2.05, 4.69) is 35.6 Å². The van der Waals surface area contributed by atoms with E-state index in [-0.39, 0.29) is 41.0 Å². The van der Waals surface area contributed by atoms with Crippen LogP contribution in [0.3, 0.4) is 0 Å². The molecule has 0 bridgehead atoms. The number of carbonyl (C=O) groups excluding carboxylic acids is 6. The quantitative estimate of drug-likeness (QED) is 0.0349. The second kappa shape index (κ2) is 32.3. The number of nitrogens with zero attached hydrogens (tertiary/aromatic N) is 1. The summed E-state index contributed by atoms with van der Waals surface area (Å²) in [7, 11) is 1.65. The summed E-state index contributed by atoms with van der Waals surface area (Å²) >= 11 is 0. The highest BCUT2D eigenvalue weighted by molar-refractivity contribution is 6.11. The van der Waals surface area contributed by atoms with Crippen molar-refractivity contribution in [2.24, 2.45) is 0 Å². The number of epoxide rings is 1. The molecule has 15 aromatic carbocycles. The van der Waals surface area contributed by atoms with Crippen molar-refractivity contribution in [3.8, 4) is 46.0 Å². The molecule has 121 heavy (non-hydrogen) atoms. The molecule has 19 rings (SSSR count). The van der Waals surface area contributed by atoms with Crippen LogP contribution in [0.25, 0.3) is 0 Å². The van der Waals surface area contributed by atoms with Crippen LogP contribution < -0.4 is 24.3 Å². The Labute approximate surface area is 699 Å². The standard InChI is InChI=1S/C72H54N2O8.C34H24O5/c1-46-11-17-49(18-12-46)67(75)51-21-33-58(34-22-51)81-60-39-27-53(28-40-60)71(65-9-5-3-7-63(65)69(77)73-71)54-29-41-61(42-30-54)82-59-35-23-52(24-36-59)68(76)50-19-13-47(14-20-50)43-48-15-25-55(26-16-48)72(56-31-37-57(79-2)38-32-56)66-10-6-4-8-64(66)70(78)74(72)44-62-45-80-62;1-22-6-8-23(9-7-22)32(36)24-10-18-28(19-11-24)38-29-20-14-26(15-21-29)34(25-12-16-27(35)17-13-25)31-5-3-2-4-30(31)33(37)39-34/h3-42,62H,43-45H2,1-2H3,(H,73,77);2-21,35H,1H3. The summed E-state index contributed by atoms with van der Waals surface area (Å²) in [5.74, 6) is 3.57. The highest BCUT2D eigenvalue weighted by Crippen LogP contribution is 2.52. The van der Waals surface area contributed by atoms with Crippen LogP contribution in [0.1, 0.15) is 151 Å². The van der Waals surface area contributed by atoms with Crippen molar-refractivity contribution < 1.29 is 62.3 Å². The predicted molar refractivity (Wildman–Crippen MR) is 461 cm³/mol. The van der Waals surface area contributed by atoms with E-state index in [0.717, 1.165) is 78.1 Å². The van der Waals surface area contributed by atoms with E-state index in [1.807, 2.05) is 249 Å². The van der Waals surface area contributed by atoms with Gasteiger partial charge in [-0.25, -0.2) is 4.79 Å². The van der Waals surface area contributed by atoms with Gasteiger partial charge in [0.2, 0.25) is 0 Å². The summed E-state index contributed by atoms with van der Waals surface area (Å²) in [6.45, 7) is 5.07. The molecular weight excluding hydrogens is 1510 g/mol. The van der Waals surface area contributed by atoms with Gasteiger partial charge in [0, 0.05) is 61.2 Å². The smallest absolute Gasteiger partial charge is 0.340 e. The molecule has 4 heterocycles. The van der Waals surface area contributed by atoms with Gasteiger partial charge in [0.15, 0.2) is 23.0 Å². The minimum Gasteiger partial charge on any atom is -0.508 e. The van der Waals surface area contributed by atoms with Crippen LogP contribution in [0.4, 0.5) is 0 Å². The SMILES string of the molecule is COc1ccc(C2(c3ccc(Cc4ccc(C(=O)c5ccc(Oc6ccc(C7(c8ccc(Oc9ccc(C(=O)c%10ccc(C)cc%10)cc9)cc8)NC(=O)c8ccccc87)cc6)cc5)cc4)cc3)c3ccccc3C(=O)N2CC2CO2)cc1.Cc1ccc(C(=O)c2ccc(Oc3ccc(C4(c5ccc(O)cc5)OC(=O)c5ccccc54)cc3)cc2)cc1. The van der Waals surface area contributed by atoms with E-state index in [1.165, 1.54) is 0 Å². The first-order chi connectivity index (χ1) is 59.0. The molecule has 4 aliphatic rings. The number of rotatable bonds is 23. The summed E-state index contributed by atoms with van der Waals surface area (Å²) in [5.41, 5.74) is 14.2. The van der Waals surface area contributed by atoms with Crippen molar-refractivity contribution in [2.45, 2.75) is 43.1 Å². The molecule has 4 unspecified atom stereocenters. The number of fused-ring (bicyclic) bond motifs is 3. The van der Waals surface area contributed by atoms with Gasteiger partial charge in [-0.05, 0) is 216 Å². The fourth-order valence-corrected chi connectivity index (χ4v) is 16.6. The number of nitrogens with one attached hydrogen (secondary N) is 1. The highest BCUT2D eigenvalue weighted by atomic mass is 16.6. The molecule has 15 nitrogen and oxygen atoms in total. The molecule has 2 N–H and O–H groups in total. The van der Waals surface area contributed by atoms with E-state index in [0.29, 0.717) is 104 Å². The average molecular weight is 1590 g/mol. The molecule has 15 heteroatoms. The Kier molecular flexibility index (Phi) is 20.5. The number of phenolic OH excluding ortho intramolecular Hbond substituents is 1. The lowest BCUT2D eigenvalue weighted by Crippen LogP contribution is -2.47. The van der Waals surface area contributed by atoms with Crippen molar-refractivity contribution in [3.05, 3.63) is 486 Å². The molecule has 4 atom stereocenters. The number of amides is 2. The molecule has 1 fully saturated rings. The van der Waals surface area contributed by atoms with E-state index >= 15 is 0 Å². The Morgan fingerprint density at radius 2 is 0.711 bits per heavy atom. The van der Waals surface area contributed by atoms with Crippen LogP contribution in [0.15, 0.2) is 364 Å². The van der Waals surface area contributed by atoms with Crippen LogP contribution in [-0.4, -0.2) is 71.5 Å². The number of hydrogen-bond acceptors (Lipinski definition) is 13. The van der Waals surface area contributed by atoms with Gasteiger partial charge in [0.1, 0.15) is 57.1 Å². The molecule has 4 aliphatic heterocycles. The summed E-state index contributed by atoms with van der Waals surface area (Å²) in [4.78, 5) is 82.3. The number of hydrogen-bond donors (Lipinski definition) is 2. The van der Waals surface area contributed by atoms with Gasteiger partial charge in [0.05, 0.1) is 31.9 Å². The Bertz CT molecular complexity index is 6440.